The molecule has 244 valence electrons. The number of rotatable bonds is 10. The van der Waals surface area contributed by atoms with Crippen LogP contribution in [0.2, 0.25) is 0 Å². The van der Waals surface area contributed by atoms with E-state index in [-0.39, 0.29) is 6.04 Å². The van der Waals surface area contributed by atoms with E-state index in [2.05, 4.69) is 204 Å². The first-order valence-electron chi connectivity index (χ1n) is 17.0. The molecule has 0 amide bonds. The first-order chi connectivity index (χ1) is 23.2. The van der Waals surface area contributed by atoms with Gasteiger partial charge >= 0.3 is 0 Å². The molecule has 0 saturated carbocycles. The fraction of sp³-hybridized carbons (Fsp3) is 0.227. The van der Waals surface area contributed by atoms with Gasteiger partial charge in [-0.2, -0.15) is 0 Å². The number of allylic oxidation sites excluding steroid dienone is 2. The van der Waals surface area contributed by atoms with E-state index in [0.717, 1.165) is 26.7 Å². The SMILES string of the molecule is CCCCc1cc(C)c(N(c2ccc(Br)cc2)c2ccc(-c3ccc(N(c4ccc(Br)cc4)C4C=CC(C)=CC4C)cc3)cc2)c(C)c1. The van der Waals surface area contributed by atoms with Crippen molar-refractivity contribution in [3.8, 4) is 11.1 Å². The maximum atomic E-state index is 3.63. The van der Waals surface area contributed by atoms with Gasteiger partial charge in [-0.25, -0.2) is 0 Å². The van der Waals surface area contributed by atoms with Crippen LogP contribution in [0.5, 0.6) is 0 Å². The highest BCUT2D eigenvalue weighted by Crippen LogP contribution is 2.41. The highest BCUT2D eigenvalue weighted by atomic mass is 79.9. The number of halogens is 2. The molecule has 0 saturated heterocycles. The van der Waals surface area contributed by atoms with Crippen molar-refractivity contribution < 1.29 is 0 Å². The Morgan fingerprint density at radius 1 is 0.625 bits per heavy atom. The zero-order valence-electron chi connectivity index (χ0n) is 28.6. The van der Waals surface area contributed by atoms with Crippen LogP contribution in [0.25, 0.3) is 11.1 Å². The molecule has 2 unspecified atom stereocenters. The molecule has 0 heterocycles. The van der Waals surface area contributed by atoms with Crippen LogP contribution in [0, 0.1) is 19.8 Å². The monoisotopic (exact) mass is 758 g/mol. The largest absolute Gasteiger partial charge is 0.334 e. The predicted octanol–water partition coefficient (Wildman–Crippen LogP) is 14.0. The molecule has 6 rings (SSSR count). The smallest absolute Gasteiger partial charge is 0.0585 e. The van der Waals surface area contributed by atoms with Gasteiger partial charge in [-0.15, -0.1) is 0 Å². The zero-order valence-corrected chi connectivity index (χ0v) is 31.7. The van der Waals surface area contributed by atoms with Crippen LogP contribution in [0.4, 0.5) is 28.4 Å². The van der Waals surface area contributed by atoms with Crippen molar-refractivity contribution >= 4 is 60.3 Å². The van der Waals surface area contributed by atoms with Crippen LogP contribution in [0.1, 0.15) is 50.3 Å². The number of benzene rings is 5. The van der Waals surface area contributed by atoms with Gasteiger partial charge in [-0.05, 0) is 140 Å². The summed E-state index contributed by atoms with van der Waals surface area (Å²) < 4.78 is 2.16. The van der Waals surface area contributed by atoms with Crippen molar-refractivity contribution in [2.45, 2.75) is 59.9 Å². The van der Waals surface area contributed by atoms with Crippen molar-refractivity contribution in [2.24, 2.45) is 5.92 Å². The summed E-state index contributed by atoms with van der Waals surface area (Å²) in [5.41, 5.74) is 13.6. The lowest BCUT2D eigenvalue weighted by Gasteiger charge is -2.36. The quantitative estimate of drug-likeness (QED) is 0.140. The second-order valence-electron chi connectivity index (χ2n) is 13.1. The average molecular weight is 761 g/mol. The number of hydrogen-bond acceptors (Lipinski definition) is 2. The molecule has 0 N–H and O–H groups in total. The molecular formula is C44H44Br2N2. The molecule has 5 aromatic rings. The van der Waals surface area contributed by atoms with E-state index >= 15 is 0 Å². The minimum absolute atomic E-state index is 0.234. The molecule has 48 heavy (non-hydrogen) atoms. The summed E-state index contributed by atoms with van der Waals surface area (Å²) in [5, 5.41) is 0. The van der Waals surface area contributed by atoms with Crippen molar-refractivity contribution in [1.82, 2.24) is 0 Å². The topological polar surface area (TPSA) is 6.48 Å². The van der Waals surface area contributed by atoms with Gasteiger partial charge in [0.2, 0.25) is 0 Å². The molecule has 0 spiro atoms. The van der Waals surface area contributed by atoms with E-state index in [4.69, 9.17) is 0 Å². The third-order valence-corrected chi connectivity index (χ3v) is 10.4. The average Bonchev–Trinajstić information content (AvgIpc) is 3.08. The van der Waals surface area contributed by atoms with Gasteiger partial charge in [0.25, 0.3) is 0 Å². The Hall–Kier alpha value is -3.86. The summed E-state index contributed by atoms with van der Waals surface area (Å²) >= 11 is 7.25. The van der Waals surface area contributed by atoms with E-state index in [1.807, 2.05) is 0 Å². The van der Waals surface area contributed by atoms with Gasteiger partial charge in [0.1, 0.15) is 0 Å². The second-order valence-corrected chi connectivity index (χ2v) is 14.9. The van der Waals surface area contributed by atoms with Crippen molar-refractivity contribution in [1.29, 1.82) is 0 Å². The maximum absolute atomic E-state index is 3.63. The maximum Gasteiger partial charge on any atom is 0.0585 e. The Kier molecular flexibility index (Phi) is 10.7. The zero-order chi connectivity index (χ0) is 33.8. The standard InChI is InChI=1S/C44H44Br2N2/c1-6-7-8-34-28-32(4)44(33(5)29-34)48(42-24-16-38(46)17-25-42)41-20-12-36(13-21-41)35-10-18-39(19-11-35)47(40-22-14-37(45)15-23-40)43-26-9-30(2)27-31(43)3/h9-29,31,43H,6-8H2,1-5H3. The Bertz CT molecular complexity index is 1880. The highest BCUT2D eigenvalue weighted by Gasteiger charge is 2.25. The Morgan fingerprint density at radius 3 is 1.56 bits per heavy atom. The molecule has 5 aromatic carbocycles. The Labute approximate surface area is 304 Å². The minimum Gasteiger partial charge on any atom is -0.334 e. The number of hydrogen-bond donors (Lipinski definition) is 0. The summed E-state index contributed by atoms with van der Waals surface area (Å²) in [6.45, 7) is 11.2. The first kappa shape index (κ1) is 34.0. The van der Waals surface area contributed by atoms with Gasteiger partial charge in [0.15, 0.2) is 0 Å². The van der Waals surface area contributed by atoms with Crippen molar-refractivity contribution in [3.05, 3.63) is 159 Å². The van der Waals surface area contributed by atoms with Gasteiger partial charge in [0.05, 0.1) is 11.7 Å². The summed E-state index contributed by atoms with van der Waals surface area (Å²) in [4.78, 5) is 4.86. The van der Waals surface area contributed by atoms with Crippen LogP contribution in [0.3, 0.4) is 0 Å². The lowest BCUT2D eigenvalue weighted by molar-refractivity contribution is 0.605. The molecule has 0 bridgehead atoms. The molecule has 0 aliphatic heterocycles. The van der Waals surface area contributed by atoms with E-state index in [1.54, 1.807) is 0 Å². The van der Waals surface area contributed by atoms with E-state index in [0.29, 0.717) is 5.92 Å². The summed E-state index contributed by atoms with van der Waals surface area (Å²) in [6, 6.07) is 40.3. The molecule has 1 aliphatic carbocycles. The molecule has 0 fully saturated rings. The number of nitrogens with zero attached hydrogens (tertiary/aromatic N) is 2. The number of aryl methyl sites for hydroxylation is 3. The molecule has 2 nitrogen and oxygen atoms in total. The van der Waals surface area contributed by atoms with Gasteiger partial charge in [-0.3, -0.25) is 0 Å². The second kappa shape index (κ2) is 15.1. The fourth-order valence-electron chi connectivity index (χ4n) is 6.95. The molecule has 0 radical (unpaired) electrons. The van der Waals surface area contributed by atoms with E-state index in [1.165, 1.54) is 63.3 Å². The Balaban J connectivity index is 1.33. The van der Waals surface area contributed by atoms with Gasteiger partial charge in [0, 0.05) is 31.7 Å². The van der Waals surface area contributed by atoms with Crippen LogP contribution in [-0.4, -0.2) is 6.04 Å². The van der Waals surface area contributed by atoms with E-state index < -0.39 is 0 Å². The molecule has 4 heteroatoms. The third-order valence-electron chi connectivity index (χ3n) is 9.31. The number of unbranched alkanes of at least 4 members (excludes halogenated alkanes) is 1. The minimum atomic E-state index is 0.234. The molecule has 0 aromatic heterocycles. The third kappa shape index (κ3) is 7.56. The van der Waals surface area contributed by atoms with Crippen LogP contribution < -0.4 is 9.80 Å². The van der Waals surface area contributed by atoms with Crippen LogP contribution in [0.15, 0.2) is 142 Å². The lowest BCUT2D eigenvalue weighted by atomic mass is 9.91. The van der Waals surface area contributed by atoms with Crippen molar-refractivity contribution in [2.75, 3.05) is 9.80 Å². The summed E-state index contributed by atoms with van der Waals surface area (Å²) in [6.07, 6.45) is 10.5. The summed E-state index contributed by atoms with van der Waals surface area (Å²) in [5.74, 6) is 0.388. The molecule has 2 atom stereocenters. The first-order valence-corrected chi connectivity index (χ1v) is 18.6. The van der Waals surface area contributed by atoms with Gasteiger partial charge in [-0.1, -0.05) is 112 Å². The highest BCUT2D eigenvalue weighted by molar-refractivity contribution is 9.10. The predicted molar refractivity (Wildman–Crippen MR) is 214 cm³/mol. The van der Waals surface area contributed by atoms with Gasteiger partial charge < -0.3 is 9.80 Å². The van der Waals surface area contributed by atoms with Crippen LogP contribution >= 0.6 is 31.9 Å². The fourth-order valence-corrected chi connectivity index (χ4v) is 7.48. The normalized spacial score (nSPS) is 15.7. The number of anilines is 5. The lowest BCUT2D eigenvalue weighted by Crippen LogP contribution is -2.35. The van der Waals surface area contributed by atoms with E-state index in [9.17, 15) is 0 Å². The van der Waals surface area contributed by atoms with Crippen LogP contribution in [-0.2, 0) is 6.42 Å². The molecule has 1 aliphatic rings. The summed E-state index contributed by atoms with van der Waals surface area (Å²) in [7, 11) is 0. The Morgan fingerprint density at radius 2 is 1.08 bits per heavy atom. The molecular weight excluding hydrogens is 716 g/mol. The van der Waals surface area contributed by atoms with Crippen molar-refractivity contribution in [3.63, 3.8) is 0 Å².